The number of hydrogen-bond acceptors (Lipinski definition) is 3. The Hall–Kier alpha value is -3.12. The van der Waals surface area contributed by atoms with Crippen LogP contribution >= 0.6 is 11.6 Å². The highest BCUT2D eigenvalue weighted by atomic mass is 35.5. The van der Waals surface area contributed by atoms with Crippen molar-refractivity contribution in [3.8, 4) is 0 Å². The molecule has 1 atom stereocenters. The summed E-state index contributed by atoms with van der Waals surface area (Å²) in [6.07, 6.45) is 3.39. The zero-order chi connectivity index (χ0) is 20.1. The SMILES string of the molecule is CC(C)C(NC(=O)c1ccccc1Cl)C(=O)NN=Cc1c[nH]c2ccccc12. The molecule has 3 rings (SSSR count). The standard InChI is InChI=1S/C21H21ClN4O2/c1-13(2)19(25-20(27)16-8-3-5-9-17(16)22)21(28)26-24-12-14-11-23-18-10-6-4-7-15(14)18/h3-13,19,23H,1-2H3,(H,25,27)(H,26,28). The molecule has 144 valence electrons. The van der Waals surface area contributed by atoms with E-state index in [4.69, 9.17) is 11.6 Å². The van der Waals surface area contributed by atoms with Gasteiger partial charge in [-0.1, -0.05) is 55.8 Å². The topological polar surface area (TPSA) is 86.3 Å². The lowest BCUT2D eigenvalue weighted by Crippen LogP contribution is -2.48. The van der Waals surface area contributed by atoms with Crippen LogP contribution in [0, 0.1) is 5.92 Å². The first-order chi connectivity index (χ1) is 13.5. The van der Waals surface area contributed by atoms with Gasteiger partial charge < -0.3 is 10.3 Å². The average Bonchev–Trinajstić information content (AvgIpc) is 3.09. The highest BCUT2D eigenvalue weighted by molar-refractivity contribution is 6.33. The van der Waals surface area contributed by atoms with Crippen LogP contribution in [0.1, 0.15) is 29.8 Å². The number of benzene rings is 2. The summed E-state index contributed by atoms with van der Waals surface area (Å²) in [5.41, 5.74) is 4.68. The number of H-pyrrole nitrogens is 1. The first-order valence-corrected chi connectivity index (χ1v) is 9.29. The van der Waals surface area contributed by atoms with Gasteiger partial charge in [-0.25, -0.2) is 5.43 Å². The van der Waals surface area contributed by atoms with E-state index in [9.17, 15) is 9.59 Å². The number of fused-ring (bicyclic) bond motifs is 1. The Labute approximate surface area is 168 Å². The average molecular weight is 397 g/mol. The van der Waals surface area contributed by atoms with Crippen molar-refractivity contribution >= 4 is 40.5 Å². The van der Waals surface area contributed by atoms with E-state index in [1.807, 2.05) is 44.3 Å². The molecule has 3 N–H and O–H groups in total. The minimum atomic E-state index is -0.746. The predicted molar refractivity (Wildman–Crippen MR) is 112 cm³/mol. The first kappa shape index (κ1) is 19.6. The minimum absolute atomic E-state index is 0.130. The number of hydrogen-bond donors (Lipinski definition) is 3. The van der Waals surface area contributed by atoms with Crippen LogP contribution in [0.5, 0.6) is 0 Å². The van der Waals surface area contributed by atoms with E-state index in [2.05, 4.69) is 20.8 Å². The molecule has 0 aliphatic heterocycles. The van der Waals surface area contributed by atoms with E-state index in [1.54, 1.807) is 30.5 Å². The molecule has 7 heteroatoms. The fraction of sp³-hybridized carbons (Fsp3) is 0.190. The van der Waals surface area contributed by atoms with Crippen LogP contribution in [0.15, 0.2) is 59.8 Å². The van der Waals surface area contributed by atoms with E-state index in [0.717, 1.165) is 16.5 Å². The van der Waals surface area contributed by atoms with Crippen molar-refractivity contribution in [2.45, 2.75) is 19.9 Å². The molecule has 3 aromatic rings. The van der Waals surface area contributed by atoms with Gasteiger partial charge >= 0.3 is 0 Å². The zero-order valence-electron chi connectivity index (χ0n) is 15.6. The fourth-order valence-corrected chi connectivity index (χ4v) is 3.06. The van der Waals surface area contributed by atoms with Crippen molar-refractivity contribution in [1.29, 1.82) is 0 Å². The van der Waals surface area contributed by atoms with Crippen LogP contribution < -0.4 is 10.7 Å². The Morgan fingerprint density at radius 1 is 1.11 bits per heavy atom. The molecular formula is C21H21ClN4O2. The highest BCUT2D eigenvalue weighted by Gasteiger charge is 2.25. The third-order valence-electron chi connectivity index (χ3n) is 4.35. The molecule has 1 aromatic heterocycles. The number of amides is 2. The summed E-state index contributed by atoms with van der Waals surface area (Å²) in [5, 5.41) is 8.11. The maximum Gasteiger partial charge on any atom is 0.262 e. The molecule has 0 spiro atoms. The van der Waals surface area contributed by atoms with Gasteiger partial charge in [0, 0.05) is 22.7 Å². The molecule has 1 unspecified atom stereocenters. The summed E-state index contributed by atoms with van der Waals surface area (Å²) in [6.45, 7) is 3.70. The molecule has 0 aliphatic carbocycles. The number of aromatic nitrogens is 1. The van der Waals surface area contributed by atoms with E-state index in [0.29, 0.717) is 10.6 Å². The van der Waals surface area contributed by atoms with Gasteiger partial charge in [0.2, 0.25) is 0 Å². The van der Waals surface area contributed by atoms with Gasteiger partial charge in [0.25, 0.3) is 11.8 Å². The number of nitrogens with zero attached hydrogens (tertiary/aromatic N) is 1. The van der Waals surface area contributed by atoms with E-state index >= 15 is 0 Å². The fourth-order valence-electron chi connectivity index (χ4n) is 2.84. The summed E-state index contributed by atoms with van der Waals surface area (Å²) < 4.78 is 0. The van der Waals surface area contributed by atoms with E-state index in [1.165, 1.54) is 0 Å². The molecule has 0 saturated heterocycles. The first-order valence-electron chi connectivity index (χ1n) is 8.92. The number of aromatic amines is 1. The Kier molecular flexibility index (Phi) is 6.11. The van der Waals surface area contributed by atoms with Crippen LogP contribution in [0.4, 0.5) is 0 Å². The van der Waals surface area contributed by atoms with Crippen LogP contribution in [-0.4, -0.2) is 29.1 Å². The molecule has 0 radical (unpaired) electrons. The molecule has 2 aromatic carbocycles. The molecule has 0 saturated carbocycles. The monoisotopic (exact) mass is 396 g/mol. The second kappa shape index (κ2) is 8.71. The Morgan fingerprint density at radius 3 is 2.57 bits per heavy atom. The molecule has 6 nitrogen and oxygen atoms in total. The van der Waals surface area contributed by atoms with E-state index in [-0.39, 0.29) is 5.92 Å². The number of carbonyl (C=O) groups is 2. The van der Waals surface area contributed by atoms with Gasteiger partial charge in [0.05, 0.1) is 16.8 Å². The van der Waals surface area contributed by atoms with Crippen molar-refractivity contribution in [2.75, 3.05) is 0 Å². The van der Waals surface area contributed by atoms with Crippen molar-refractivity contribution in [2.24, 2.45) is 11.0 Å². The van der Waals surface area contributed by atoms with Gasteiger partial charge in [-0.15, -0.1) is 0 Å². The third-order valence-corrected chi connectivity index (χ3v) is 4.68. The minimum Gasteiger partial charge on any atom is -0.361 e. The van der Waals surface area contributed by atoms with Crippen LogP contribution in [-0.2, 0) is 4.79 Å². The van der Waals surface area contributed by atoms with Gasteiger partial charge in [-0.3, -0.25) is 9.59 Å². The number of para-hydroxylation sites is 1. The van der Waals surface area contributed by atoms with Gasteiger partial charge in [-0.2, -0.15) is 5.10 Å². The normalized spacial score (nSPS) is 12.4. The second-order valence-electron chi connectivity index (χ2n) is 6.70. The lowest BCUT2D eigenvalue weighted by molar-refractivity contribution is -0.123. The molecule has 1 heterocycles. The lowest BCUT2D eigenvalue weighted by atomic mass is 10.0. The van der Waals surface area contributed by atoms with E-state index < -0.39 is 17.9 Å². The third kappa shape index (κ3) is 4.40. The maximum atomic E-state index is 12.5. The van der Waals surface area contributed by atoms with Gasteiger partial charge in [0.15, 0.2) is 0 Å². The number of carbonyl (C=O) groups excluding carboxylic acids is 2. The number of hydrazone groups is 1. The summed E-state index contributed by atoms with van der Waals surface area (Å²) in [6, 6.07) is 13.8. The maximum absolute atomic E-state index is 12.5. The van der Waals surface area contributed by atoms with Crippen molar-refractivity contribution in [3.05, 3.63) is 70.9 Å². The molecule has 28 heavy (non-hydrogen) atoms. The smallest absolute Gasteiger partial charge is 0.262 e. The summed E-state index contributed by atoms with van der Waals surface area (Å²) in [4.78, 5) is 28.2. The summed E-state index contributed by atoms with van der Waals surface area (Å²) in [7, 11) is 0. The lowest BCUT2D eigenvalue weighted by Gasteiger charge is -2.20. The Balaban J connectivity index is 1.68. The summed E-state index contributed by atoms with van der Waals surface area (Å²) >= 11 is 6.06. The van der Waals surface area contributed by atoms with Gasteiger partial charge in [0.1, 0.15) is 6.04 Å². The second-order valence-corrected chi connectivity index (χ2v) is 7.11. The highest BCUT2D eigenvalue weighted by Crippen LogP contribution is 2.16. The number of nitrogens with one attached hydrogen (secondary N) is 3. The number of halogens is 1. The molecule has 0 aliphatic rings. The quantitative estimate of drug-likeness (QED) is 0.438. The molecule has 0 bridgehead atoms. The van der Waals surface area contributed by atoms with Gasteiger partial charge in [-0.05, 0) is 24.1 Å². The van der Waals surface area contributed by atoms with Crippen molar-refractivity contribution in [1.82, 2.24) is 15.7 Å². The van der Waals surface area contributed by atoms with Crippen molar-refractivity contribution < 1.29 is 9.59 Å². The predicted octanol–water partition coefficient (Wildman–Crippen LogP) is 3.73. The Morgan fingerprint density at radius 2 is 1.82 bits per heavy atom. The number of rotatable bonds is 6. The van der Waals surface area contributed by atoms with Crippen molar-refractivity contribution in [3.63, 3.8) is 0 Å². The van der Waals surface area contributed by atoms with Crippen LogP contribution in [0.25, 0.3) is 10.9 Å². The van der Waals surface area contributed by atoms with Crippen LogP contribution in [0.3, 0.4) is 0 Å². The molecule has 2 amide bonds. The van der Waals surface area contributed by atoms with Crippen LogP contribution in [0.2, 0.25) is 5.02 Å². The summed E-state index contributed by atoms with van der Waals surface area (Å²) in [5.74, 6) is -0.929. The molecular weight excluding hydrogens is 376 g/mol. The Bertz CT molecular complexity index is 1030. The zero-order valence-corrected chi connectivity index (χ0v) is 16.3. The largest absolute Gasteiger partial charge is 0.361 e. The molecule has 0 fully saturated rings.